The Bertz CT molecular complexity index is 177. The molecule has 0 aromatic heterocycles. The van der Waals surface area contributed by atoms with E-state index in [-0.39, 0.29) is 0 Å². The van der Waals surface area contributed by atoms with Gasteiger partial charge in [-0.15, -0.1) is 0 Å². The molecule has 0 unspecified atom stereocenters. The molecule has 0 saturated carbocycles. The topological polar surface area (TPSA) is 146 Å². The number of hydrogen-bond donors (Lipinski definition) is 3. The van der Waals surface area contributed by atoms with Crippen LogP contribution in [0.4, 0.5) is 0 Å². The molecule has 88 valence electrons. The molecule has 0 aliphatic heterocycles. The molecule has 0 fully saturated rings. The summed E-state index contributed by atoms with van der Waals surface area (Å²) in [5.74, 6) is -2.50. The van der Waals surface area contributed by atoms with Crippen molar-refractivity contribution in [2.75, 3.05) is 0 Å². The monoisotopic (exact) mass is 260 g/mol. The van der Waals surface area contributed by atoms with E-state index in [4.69, 9.17) is 36.4 Å². The third-order valence-electron chi connectivity index (χ3n) is 0. The van der Waals surface area contributed by atoms with Gasteiger partial charge in [0.25, 0.3) is 17.9 Å². The van der Waals surface area contributed by atoms with E-state index in [1.165, 1.54) is 0 Å². The third-order valence-corrected chi connectivity index (χ3v) is 0. The molecule has 0 radical (unpaired) electrons. The fourth-order valence-corrected chi connectivity index (χ4v) is 0. The minimum absolute atomic E-state index is 0.833. The number of carboxylic acids is 3. The molecule has 0 heterocycles. The molecule has 0 spiro atoms. The number of rotatable bonds is 0. The molecule has 0 rings (SSSR count). The van der Waals surface area contributed by atoms with Crippen LogP contribution in [0.15, 0.2) is 0 Å². The van der Waals surface area contributed by atoms with Crippen LogP contribution >= 0.6 is 0 Å². The van der Waals surface area contributed by atoms with E-state index in [9.17, 15) is 0 Å². The predicted octanol–water partition coefficient (Wildman–Crippen LogP) is 0.0326. The summed E-state index contributed by atoms with van der Waals surface area (Å²) in [6, 6.07) is 0. The summed E-state index contributed by atoms with van der Waals surface area (Å²) in [6.45, 7) is 3.25. The molecule has 0 bridgehead atoms. The first-order valence-electron chi connectivity index (χ1n) is 3.19. The van der Waals surface area contributed by atoms with Crippen LogP contribution < -0.4 is 0 Å². The molecule has 8 nitrogen and oxygen atoms in total. The summed E-state index contributed by atoms with van der Waals surface area (Å²) in [7, 11) is 0. The van der Waals surface area contributed by atoms with Crippen LogP contribution in [0.1, 0.15) is 20.8 Å². The fourth-order valence-electron chi connectivity index (χ4n) is 0. The van der Waals surface area contributed by atoms with Gasteiger partial charge in [-0.1, -0.05) is 0 Å². The molecule has 0 aromatic carbocycles. The van der Waals surface area contributed by atoms with Gasteiger partial charge in [-0.2, -0.15) is 0 Å². The van der Waals surface area contributed by atoms with Crippen molar-refractivity contribution in [3.63, 3.8) is 0 Å². The van der Waals surface area contributed by atoms with Crippen LogP contribution in [0.3, 0.4) is 0 Å². The van der Waals surface area contributed by atoms with Crippen molar-refractivity contribution in [3.05, 3.63) is 0 Å². The molecule has 0 amide bonds. The van der Waals surface area contributed by atoms with Gasteiger partial charge in [0.05, 0.1) is 0 Å². The van der Waals surface area contributed by atoms with E-state index < -0.39 is 37.0 Å². The van der Waals surface area contributed by atoms with E-state index in [0.29, 0.717) is 0 Å². The van der Waals surface area contributed by atoms with Gasteiger partial charge in [0.2, 0.25) is 0 Å². The van der Waals surface area contributed by atoms with Gasteiger partial charge in [-0.3, -0.25) is 14.4 Å². The second-order valence-electron chi connectivity index (χ2n) is 1.64. The molecule has 0 saturated heterocycles. The van der Waals surface area contributed by atoms with Gasteiger partial charge in [-0.05, 0) is 0 Å². The molecular formula is C6H12O8Ti. The van der Waals surface area contributed by atoms with Gasteiger partial charge in [0.1, 0.15) is 0 Å². The summed E-state index contributed by atoms with van der Waals surface area (Å²) >= 11 is -2.00. The third kappa shape index (κ3) is 899. The standard InChI is InChI=1S/3C2H4O2.2O.Ti/c3*1-2(3)4;;;/h3*1H3,(H,3,4);;;. The van der Waals surface area contributed by atoms with Crippen LogP contribution in [0.25, 0.3) is 0 Å². The number of carbonyl (C=O) groups is 3. The van der Waals surface area contributed by atoms with E-state index in [1.807, 2.05) is 0 Å². The Balaban J connectivity index is -0.0000000542. The molecule has 0 aliphatic carbocycles. The average molecular weight is 260 g/mol. The quantitative estimate of drug-likeness (QED) is 0.517. The van der Waals surface area contributed by atoms with Crippen molar-refractivity contribution >= 4 is 17.9 Å². The van der Waals surface area contributed by atoms with Crippen LogP contribution in [0.5, 0.6) is 0 Å². The van der Waals surface area contributed by atoms with Gasteiger partial charge in [-0.25, -0.2) is 0 Å². The molecule has 15 heavy (non-hydrogen) atoms. The van der Waals surface area contributed by atoms with Crippen LogP contribution in [0.2, 0.25) is 0 Å². The maximum atomic E-state index is 9.00. The van der Waals surface area contributed by atoms with Crippen molar-refractivity contribution in [3.8, 4) is 0 Å². The first kappa shape index (κ1) is 23.5. The summed E-state index contributed by atoms with van der Waals surface area (Å²) < 4.78 is 17.0. The van der Waals surface area contributed by atoms with E-state index in [0.717, 1.165) is 20.8 Å². The summed E-state index contributed by atoms with van der Waals surface area (Å²) in [6.07, 6.45) is 0. The number of aliphatic carboxylic acids is 3. The Kier molecular flexibility index (Phi) is 36.0. The Morgan fingerprint density at radius 3 is 0.733 bits per heavy atom. The van der Waals surface area contributed by atoms with Crippen molar-refractivity contribution in [2.45, 2.75) is 20.8 Å². The first-order chi connectivity index (χ1) is 6.61. The Labute approximate surface area is 94.5 Å². The van der Waals surface area contributed by atoms with E-state index in [1.54, 1.807) is 0 Å². The molecule has 3 N–H and O–H groups in total. The first-order valence-corrected chi connectivity index (χ1v) is 4.47. The van der Waals surface area contributed by atoms with Crippen LogP contribution in [-0.2, 0) is 40.1 Å². The fraction of sp³-hybridized carbons (Fsp3) is 0.500. The van der Waals surface area contributed by atoms with Gasteiger partial charge >= 0.3 is 25.7 Å². The normalized spacial score (nSPS) is 5.53. The number of carboxylic acid groups (broad SMARTS) is 3. The van der Waals surface area contributed by atoms with Gasteiger partial charge in [0.15, 0.2) is 0 Å². The Morgan fingerprint density at radius 2 is 0.733 bits per heavy atom. The zero-order valence-electron chi connectivity index (χ0n) is 8.38. The van der Waals surface area contributed by atoms with Crippen molar-refractivity contribution in [1.29, 1.82) is 0 Å². The van der Waals surface area contributed by atoms with Crippen LogP contribution in [0, 0.1) is 0 Å². The van der Waals surface area contributed by atoms with E-state index in [2.05, 4.69) is 0 Å². The minimum atomic E-state index is -2.00. The average Bonchev–Trinajstić information content (AvgIpc) is 1.81. The van der Waals surface area contributed by atoms with Gasteiger partial charge in [0, 0.05) is 20.8 Å². The molecule has 9 heteroatoms. The predicted molar refractivity (Wildman–Crippen MR) is 41.3 cm³/mol. The zero-order valence-corrected chi connectivity index (χ0v) is 9.94. The van der Waals surface area contributed by atoms with Crippen molar-refractivity contribution < 1.29 is 55.4 Å². The van der Waals surface area contributed by atoms with Crippen LogP contribution in [-0.4, -0.2) is 33.2 Å². The molecular weight excluding hydrogens is 248 g/mol. The molecule has 0 aromatic rings. The Morgan fingerprint density at radius 1 is 0.733 bits per heavy atom. The summed E-state index contributed by atoms with van der Waals surface area (Å²) in [5, 5.41) is 22.2. The zero-order chi connectivity index (χ0) is 13.4. The van der Waals surface area contributed by atoms with Crippen molar-refractivity contribution in [1.82, 2.24) is 0 Å². The molecule has 0 atom stereocenters. The Hall–Kier alpha value is -1.28. The van der Waals surface area contributed by atoms with Crippen molar-refractivity contribution in [2.24, 2.45) is 0 Å². The second-order valence-corrected chi connectivity index (χ2v) is 1.90. The van der Waals surface area contributed by atoms with Gasteiger partial charge < -0.3 is 15.3 Å². The SMILES string of the molecule is CC(=O)O.CC(=O)O.CC(=O)O.[O]=[Ti]=[O]. The number of hydrogen-bond acceptors (Lipinski definition) is 5. The maximum absolute atomic E-state index is 9.00. The summed E-state index contributed by atoms with van der Waals surface area (Å²) in [4.78, 5) is 27.0. The van der Waals surface area contributed by atoms with E-state index >= 15 is 0 Å². The molecule has 0 aliphatic rings. The second kappa shape index (κ2) is 23.0. The summed E-state index contributed by atoms with van der Waals surface area (Å²) in [5.41, 5.74) is 0.